The van der Waals surface area contributed by atoms with E-state index in [-0.39, 0.29) is 5.82 Å². The van der Waals surface area contributed by atoms with Gasteiger partial charge in [-0.05, 0) is 42.5 Å². The molecule has 1 aromatic carbocycles. The van der Waals surface area contributed by atoms with Gasteiger partial charge in [-0.25, -0.2) is 4.39 Å². The highest BCUT2D eigenvalue weighted by molar-refractivity contribution is 9.10. The van der Waals surface area contributed by atoms with Gasteiger partial charge in [0.2, 0.25) is 0 Å². The Morgan fingerprint density at radius 1 is 1.40 bits per heavy atom. The van der Waals surface area contributed by atoms with Gasteiger partial charge in [0.1, 0.15) is 5.82 Å². The molecule has 0 aliphatic heterocycles. The fourth-order valence-electron chi connectivity index (χ4n) is 1.65. The summed E-state index contributed by atoms with van der Waals surface area (Å²) in [4.78, 5) is 0. The molecule has 3 heteroatoms. The molecule has 0 bridgehead atoms. The molecule has 0 spiro atoms. The maximum absolute atomic E-state index is 13.5. The fraction of sp³-hybridized carbons (Fsp3) is 0.500. The molecule has 0 amide bonds. The maximum Gasteiger partial charge on any atom is 0.126 e. The number of benzene rings is 1. The van der Waals surface area contributed by atoms with E-state index in [9.17, 15) is 4.39 Å². The number of hydrogen-bond donors (Lipinski definition) is 0. The van der Waals surface area contributed by atoms with E-state index in [0.717, 1.165) is 34.6 Å². The molecular formula is C12H15Br2F. The molecule has 0 nitrogen and oxygen atoms in total. The average Bonchev–Trinajstić information content (AvgIpc) is 2.22. The number of alkyl halides is 1. The van der Waals surface area contributed by atoms with Crippen molar-refractivity contribution in [2.45, 2.75) is 26.2 Å². The molecule has 1 aromatic rings. The molecule has 84 valence electrons. The van der Waals surface area contributed by atoms with Gasteiger partial charge in [-0.3, -0.25) is 0 Å². The number of halogens is 3. The number of rotatable bonds is 5. The van der Waals surface area contributed by atoms with Gasteiger partial charge in [-0.15, -0.1) is 0 Å². The average molecular weight is 338 g/mol. The minimum Gasteiger partial charge on any atom is -0.207 e. The molecule has 0 fully saturated rings. The normalized spacial score (nSPS) is 12.8. The first-order valence-electron chi connectivity index (χ1n) is 5.17. The van der Waals surface area contributed by atoms with Crippen molar-refractivity contribution in [3.05, 3.63) is 34.1 Å². The lowest BCUT2D eigenvalue weighted by Gasteiger charge is -2.13. The van der Waals surface area contributed by atoms with Gasteiger partial charge in [0.25, 0.3) is 0 Å². The molecular weight excluding hydrogens is 323 g/mol. The van der Waals surface area contributed by atoms with Crippen LogP contribution in [0.2, 0.25) is 0 Å². The summed E-state index contributed by atoms with van der Waals surface area (Å²) < 4.78 is 14.4. The smallest absolute Gasteiger partial charge is 0.126 e. The first kappa shape index (κ1) is 13.2. The lowest BCUT2D eigenvalue weighted by Crippen LogP contribution is -2.07. The fourth-order valence-corrected chi connectivity index (χ4v) is 2.61. The van der Waals surface area contributed by atoms with Crippen molar-refractivity contribution in [1.29, 1.82) is 0 Å². The van der Waals surface area contributed by atoms with Gasteiger partial charge in [0.05, 0.1) is 0 Å². The third-order valence-electron chi connectivity index (χ3n) is 2.43. The topological polar surface area (TPSA) is 0 Å². The number of hydrogen-bond acceptors (Lipinski definition) is 0. The van der Waals surface area contributed by atoms with Crippen LogP contribution in [0.3, 0.4) is 0 Å². The Kier molecular flexibility index (Phi) is 5.83. The first-order chi connectivity index (χ1) is 7.17. The van der Waals surface area contributed by atoms with Crippen LogP contribution in [-0.4, -0.2) is 5.33 Å². The molecule has 0 N–H and O–H groups in total. The monoisotopic (exact) mass is 336 g/mol. The van der Waals surface area contributed by atoms with E-state index in [1.807, 2.05) is 6.07 Å². The van der Waals surface area contributed by atoms with Gasteiger partial charge in [-0.2, -0.15) is 0 Å². The zero-order chi connectivity index (χ0) is 11.3. The van der Waals surface area contributed by atoms with Gasteiger partial charge < -0.3 is 0 Å². The summed E-state index contributed by atoms with van der Waals surface area (Å²) in [5.74, 6) is 0.430. The lowest BCUT2D eigenvalue weighted by molar-refractivity contribution is 0.513. The van der Waals surface area contributed by atoms with Crippen LogP contribution >= 0.6 is 31.9 Å². The molecule has 0 aliphatic rings. The van der Waals surface area contributed by atoms with E-state index in [0.29, 0.717) is 5.92 Å². The highest BCUT2D eigenvalue weighted by Gasteiger charge is 2.10. The van der Waals surface area contributed by atoms with Crippen molar-refractivity contribution in [3.63, 3.8) is 0 Å². The molecule has 1 atom stereocenters. The molecule has 0 radical (unpaired) electrons. The van der Waals surface area contributed by atoms with Crippen LogP contribution in [0.1, 0.15) is 25.3 Å². The Bertz CT molecular complexity index is 312. The molecule has 1 rings (SSSR count). The summed E-state index contributed by atoms with van der Waals surface area (Å²) in [6.45, 7) is 2.16. The van der Waals surface area contributed by atoms with E-state index in [4.69, 9.17) is 0 Å². The standard InChI is InChI=1S/C12H15Br2F/c1-2-3-9(8-13)6-10-7-11(14)4-5-12(10)15/h4-5,7,9H,2-3,6,8H2,1H3. The summed E-state index contributed by atoms with van der Waals surface area (Å²) >= 11 is 6.85. The Balaban J connectivity index is 2.73. The van der Waals surface area contributed by atoms with Crippen LogP contribution in [-0.2, 0) is 6.42 Å². The summed E-state index contributed by atoms with van der Waals surface area (Å²) in [6.07, 6.45) is 3.09. The van der Waals surface area contributed by atoms with Crippen LogP contribution in [0.15, 0.2) is 22.7 Å². The van der Waals surface area contributed by atoms with Crippen molar-refractivity contribution in [3.8, 4) is 0 Å². The van der Waals surface area contributed by atoms with Crippen molar-refractivity contribution in [1.82, 2.24) is 0 Å². The van der Waals surface area contributed by atoms with E-state index in [1.165, 1.54) is 6.07 Å². The largest absolute Gasteiger partial charge is 0.207 e. The molecule has 15 heavy (non-hydrogen) atoms. The predicted octanol–water partition coefficient (Wildman–Crippen LogP) is 4.94. The maximum atomic E-state index is 13.5. The van der Waals surface area contributed by atoms with Crippen molar-refractivity contribution in [2.24, 2.45) is 5.92 Å². The van der Waals surface area contributed by atoms with E-state index < -0.39 is 0 Å². The summed E-state index contributed by atoms with van der Waals surface area (Å²) in [6, 6.07) is 5.14. The Hall–Kier alpha value is 0.110. The Labute approximate surface area is 108 Å². The zero-order valence-corrected chi connectivity index (χ0v) is 11.9. The van der Waals surface area contributed by atoms with E-state index >= 15 is 0 Å². The van der Waals surface area contributed by atoms with Crippen molar-refractivity contribution in [2.75, 3.05) is 5.33 Å². The molecule has 1 unspecified atom stereocenters. The Morgan fingerprint density at radius 3 is 2.73 bits per heavy atom. The van der Waals surface area contributed by atoms with Crippen LogP contribution in [0.25, 0.3) is 0 Å². The molecule has 0 aliphatic carbocycles. The van der Waals surface area contributed by atoms with Crippen molar-refractivity contribution >= 4 is 31.9 Å². The predicted molar refractivity (Wildman–Crippen MR) is 70.0 cm³/mol. The molecule has 0 heterocycles. The lowest BCUT2D eigenvalue weighted by atomic mass is 9.97. The summed E-state index contributed by atoms with van der Waals surface area (Å²) in [7, 11) is 0. The molecule has 0 saturated heterocycles. The van der Waals surface area contributed by atoms with Gasteiger partial charge in [0.15, 0.2) is 0 Å². The van der Waals surface area contributed by atoms with Crippen LogP contribution in [0.4, 0.5) is 4.39 Å². The summed E-state index contributed by atoms with van der Waals surface area (Å²) in [5, 5.41) is 0.937. The minimum atomic E-state index is -0.0970. The van der Waals surface area contributed by atoms with Gasteiger partial charge in [0, 0.05) is 9.80 Å². The second kappa shape index (κ2) is 6.64. The third kappa shape index (κ3) is 4.23. The SMILES string of the molecule is CCCC(CBr)Cc1cc(Br)ccc1F. The van der Waals surface area contributed by atoms with E-state index in [1.54, 1.807) is 6.07 Å². The Morgan fingerprint density at radius 2 is 2.13 bits per heavy atom. The molecule has 0 saturated carbocycles. The van der Waals surface area contributed by atoms with Crippen LogP contribution in [0, 0.1) is 11.7 Å². The zero-order valence-electron chi connectivity index (χ0n) is 8.77. The van der Waals surface area contributed by atoms with Crippen LogP contribution < -0.4 is 0 Å². The van der Waals surface area contributed by atoms with Gasteiger partial charge >= 0.3 is 0 Å². The molecule has 0 aromatic heterocycles. The second-order valence-electron chi connectivity index (χ2n) is 3.75. The van der Waals surface area contributed by atoms with Crippen molar-refractivity contribution < 1.29 is 4.39 Å². The quantitative estimate of drug-likeness (QED) is 0.667. The summed E-state index contributed by atoms with van der Waals surface area (Å²) in [5.41, 5.74) is 0.808. The van der Waals surface area contributed by atoms with Gasteiger partial charge in [-0.1, -0.05) is 45.2 Å². The van der Waals surface area contributed by atoms with E-state index in [2.05, 4.69) is 38.8 Å². The minimum absolute atomic E-state index is 0.0970. The highest BCUT2D eigenvalue weighted by Crippen LogP contribution is 2.21. The van der Waals surface area contributed by atoms with Crippen LogP contribution in [0.5, 0.6) is 0 Å². The third-order valence-corrected chi connectivity index (χ3v) is 3.84. The second-order valence-corrected chi connectivity index (χ2v) is 5.31. The first-order valence-corrected chi connectivity index (χ1v) is 7.08. The highest BCUT2D eigenvalue weighted by atomic mass is 79.9.